The molecule has 0 radical (unpaired) electrons. The summed E-state index contributed by atoms with van der Waals surface area (Å²) in [6.45, 7) is 3.43. The lowest BCUT2D eigenvalue weighted by atomic mass is 10.1. The number of aryl methyl sites for hydroxylation is 1. The molecule has 0 bridgehead atoms. The predicted octanol–water partition coefficient (Wildman–Crippen LogP) is 3.69. The van der Waals surface area contributed by atoms with Crippen molar-refractivity contribution in [2.45, 2.75) is 32.4 Å². The van der Waals surface area contributed by atoms with Crippen LogP contribution in [-0.2, 0) is 13.0 Å². The first-order valence-corrected chi connectivity index (χ1v) is 9.05. The molecule has 1 heterocycles. The molecule has 2 aromatic carbocycles. The van der Waals surface area contributed by atoms with E-state index in [0.717, 1.165) is 35.3 Å². The van der Waals surface area contributed by atoms with E-state index in [-0.39, 0.29) is 17.9 Å². The largest absolute Gasteiger partial charge is 0.372 e. The minimum atomic E-state index is -0.105. The molecular formula is C21H23N3O2. The third kappa shape index (κ3) is 2.94. The average molecular weight is 349 g/mol. The number of carbonyl (C=O) groups excluding carboxylic acids is 2. The van der Waals surface area contributed by atoms with Gasteiger partial charge in [-0.15, -0.1) is 0 Å². The summed E-state index contributed by atoms with van der Waals surface area (Å²) in [5, 5.41) is 3.02. The highest BCUT2D eigenvalue weighted by Gasteiger charge is 2.27. The van der Waals surface area contributed by atoms with Crippen LogP contribution in [0.4, 0.5) is 16.2 Å². The number of Topliss-reactive ketones (excluding diaryl/α,β-unsaturated/α-hetero) is 1. The number of hydrogen-bond acceptors (Lipinski definition) is 3. The van der Waals surface area contributed by atoms with Crippen molar-refractivity contribution in [1.82, 2.24) is 4.90 Å². The van der Waals surface area contributed by atoms with Crippen LogP contribution in [0.15, 0.2) is 42.5 Å². The number of likely N-dealkylation sites (N-methyl/N-ethyl adjacent to an activating group) is 1. The molecule has 1 atom stereocenters. The molecule has 1 N–H and O–H groups in total. The van der Waals surface area contributed by atoms with E-state index in [1.165, 1.54) is 5.69 Å². The van der Waals surface area contributed by atoms with E-state index in [1.807, 2.05) is 35.2 Å². The summed E-state index contributed by atoms with van der Waals surface area (Å²) in [6, 6.07) is 13.8. The Hall–Kier alpha value is -2.82. The molecule has 0 aromatic heterocycles. The molecule has 5 nitrogen and oxygen atoms in total. The second kappa shape index (κ2) is 6.48. The minimum absolute atomic E-state index is 0.0865. The Kier molecular flexibility index (Phi) is 4.15. The van der Waals surface area contributed by atoms with Crippen molar-refractivity contribution < 1.29 is 9.59 Å². The molecule has 0 saturated carbocycles. The van der Waals surface area contributed by atoms with Crippen molar-refractivity contribution in [3.05, 3.63) is 59.2 Å². The molecule has 2 amide bonds. The molecule has 0 saturated heterocycles. The highest BCUT2D eigenvalue weighted by atomic mass is 16.2. The van der Waals surface area contributed by atoms with Crippen molar-refractivity contribution >= 4 is 23.2 Å². The molecule has 0 spiro atoms. The fourth-order valence-electron chi connectivity index (χ4n) is 3.95. The lowest BCUT2D eigenvalue weighted by molar-refractivity contribution is 0.0994. The van der Waals surface area contributed by atoms with Crippen molar-refractivity contribution in [3.63, 3.8) is 0 Å². The Balaban J connectivity index is 1.55. The number of para-hydroxylation sites is 1. The number of nitrogens with zero attached hydrogens (tertiary/aromatic N) is 2. The van der Waals surface area contributed by atoms with E-state index in [1.54, 1.807) is 0 Å². The van der Waals surface area contributed by atoms with Crippen LogP contribution in [-0.4, -0.2) is 36.3 Å². The number of urea groups is 1. The Morgan fingerprint density at radius 2 is 1.92 bits per heavy atom. The second-order valence-electron chi connectivity index (χ2n) is 7.21. The van der Waals surface area contributed by atoms with Gasteiger partial charge in [-0.05, 0) is 48.7 Å². The van der Waals surface area contributed by atoms with E-state index in [9.17, 15) is 9.59 Å². The summed E-state index contributed by atoms with van der Waals surface area (Å²) in [5.74, 6) is 0.193. The van der Waals surface area contributed by atoms with E-state index >= 15 is 0 Å². The van der Waals surface area contributed by atoms with Crippen LogP contribution in [0, 0.1) is 0 Å². The summed E-state index contributed by atoms with van der Waals surface area (Å²) in [5.41, 5.74) is 4.89. The molecule has 134 valence electrons. The predicted molar refractivity (Wildman–Crippen MR) is 103 cm³/mol. The van der Waals surface area contributed by atoms with Crippen LogP contribution < -0.4 is 10.2 Å². The van der Waals surface area contributed by atoms with Crippen LogP contribution in [0.25, 0.3) is 0 Å². The average Bonchev–Trinajstić information content (AvgIpc) is 2.93. The Labute approximate surface area is 153 Å². The van der Waals surface area contributed by atoms with Crippen LogP contribution in [0.5, 0.6) is 0 Å². The third-order valence-corrected chi connectivity index (χ3v) is 5.35. The Bertz CT molecular complexity index is 877. The summed E-state index contributed by atoms with van der Waals surface area (Å²) in [4.78, 5) is 28.8. The number of fused-ring (bicyclic) bond motifs is 2. The molecule has 0 fully saturated rings. The van der Waals surface area contributed by atoms with Gasteiger partial charge in [0.1, 0.15) is 0 Å². The summed E-state index contributed by atoms with van der Waals surface area (Å²) >= 11 is 0. The zero-order valence-corrected chi connectivity index (χ0v) is 15.2. The molecule has 0 unspecified atom stereocenters. The van der Waals surface area contributed by atoms with Gasteiger partial charge in [0.05, 0.1) is 0 Å². The molecule has 5 heteroatoms. The van der Waals surface area contributed by atoms with Gasteiger partial charge in [-0.1, -0.05) is 18.2 Å². The number of nitrogens with one attached hydrogen (secondary N) is 1. The van der Waals surface area contributed by atoms with Crippen molar-refractivity contribution in [3.8, 4) is 0 Å². The van der Waals surface area contributed by atoms with Gasteiger partial charge in [0.2, 0.25) is 0 Å². The Morgan fingerprint density at radius 3 is 2.77 bits per heavy atom. The monoisotopic (exact) mass is 349 g/mol. The number of anilines is 2. The molecule has 26 heavy (non-hydrogen) atoms. The maximum atomic E-state index is 12.9. The van der Waals surface area contributed by atoms with Gasteiger partial charge in [-0.25, -0.2) is 4.79 Å². The minimum Gasteiger partial charge on any atom is -0.372 e. The lowest BCUT2D eigenvalue weighted by Gasteiger charge is -2.28. The zero-order chi connectivity index (χ0) is 18.3. The SMILES string of the molecule is C[C@H]1CN(C)c2ccccc2CN1C(=O)Nc1ccc2c(c1)CCC2=O. The van der Waals surface area contributed by atoms with Crippen LogP contribution in [0.3, 0.4) is 0 Å². The van der Waals surface area contributed by atoms with Gasteiger partial charge >= 0.3 is 6.03 Å². The summed E-state index contributed by atoms with van der Waals surface area (Å²) in [6.07, 6.45) is 1.33. The Morgan fingerprint density at radius 1 is 1.12 bits per heavy atom. The molecule has 4 rings (SSSR count). The van der Waals surface area contributed by atoms with Crippen molar-refractivity contribution in [2.24, 2.45) is 0 Å². The number of benzene rings is 2. The summed E-state index contributed by atoms with van der Waals surface area (Å²) in [7, 11) is 2.06. The fourth-order valence-corrected chi connectivity index (χ4v) is 3.95. The lowest BCUT2D eigenvalue weighted by Crippen LogP contribution is -2.44. The fraction of sp³-hybridized carbons (Fsp3) is 0.333. The first-order valence-electron chi connectivity index (χ1n) is 9.05. The maximum Gasteiger partial charge on any atom is 0.322 e. The van der Waals surface area contributed by atoms with Gasteiger partial charge < -0.3 is 15.1 Å². The number of ketones is 1. The van der Waals surface area contributed by atoms with E-state index in [0.29, 0.717) is 13.0 Å². The van der Waals surface area contributed by atoms with Gasteiger partial charge in [0.25, 0.3) is 0 Å². The molecular weight excluding hydrogens is 326 g/mol. The first-order chi connectivity index (χ1) is 12.5. The van der Waals surface area contributed by atoms with Gasteiger partial charge in [-0.2, -0.15) is 0 Å². The number of carbonyl (C=O) groups is 2. The van der Waals surface area contributed by atoms with Crippen molar-refractivity contribution in [1.29, 1.82) is 0 Å². The van der Waals surface area contributed by atoms with Crippen LogP contribution >= 0.6 is 0 Å². The van der Waals surface area contributed by atoms with E-state index in [2.05, 4.69) is 36.3 Å². The molecule has 1 aliphatic heterocycles. The molecule has 2 aliphatic rings. The summed E-state index contributed by atoms with van der Waals surface area (Å²) < 4.78 is 0. The standard InChI is InChI=1S/C21H23N3O2/c1-14-12-23(2)19-6-4-3-5-16(19)13-24(14)21(26)22-17-8-9-18-15(11-17)7-10-20(18)25/h3-6,8-9,11,14H,7,10,12-13H2,1-2H3,(H,22,26)/t14-/m0/s1. The molecule has 2 aromatic rings. The number of rotatable bonds is 1. The van der Waals surface area contributed by atoms with Gasteiger partial charge in [0, 0.05) is 49.5 Å². The topological polar surface area (TPSA) is 52.6 Å². The second-order valence-corrected chi connectivity index (χ2v) is 7.21. The normalized spacial score (nSPS) is 19.0. The first kappa shape index (κ1) is 16.6. The smallest absolute Gasteiger partial charge is 0.322 e. The number of hydrogen-bond donors (Lipinski definition) is 1. The van der Waals surface area contributed by atoms with Crippen molar-refractivity contribution in [2.75, 3.05) is 23.8 Å². The highest BCUT2D eigenvalue weighted by Crippen LogP contribution is 2.28. The van der Waals surface area contributed by atoms with Gasteiger partial charge in [-0.3, -0.25) is 4.79 Å². The number of amides is 2. The van der Waals surface area contributed by atoms with E-state index < -0.39 is 0 Å². The van der Waals surface area contributed by atoms with Gasteiger partial charge in [0.15, 0.2) is 5.78 Å². The third-order valence-electron chi connectivity index (χ3n) is 5.35. The van der Waals surface area contributed by atoms with E-state index in [4.69, 9.17) is 0 Å². The maximum absolute atomic E-state index is 12.9. The zero-order valence-electron chi connectivity index (χ0n) is 15.2. The molecule has 1 aliphatic carbocycles. The highest BCUT2D eigenvalue weighted by molar-refractivity contribution is 6.01. The quantitative estimate of drug-likeness (QED) is 0.854. The van der Waals surface area contributed by atoms with Crippen LogP contribution in [0.2, 0.25) is 0 Å². The van der Waals surface area contributed by atoms with Crippen LogP contribution in [0.1, 0.15) is 34.8 Å².